The van der Waals surface area contributed by atoms with E-state index in [1.165, 1.54) is 11.8 Å². The van der Waals surface area contributed by atoms with Gasteiger partial charge in [0.25, 0.3) is 0 Å². The van der Waals surface area contributed by atoms with Crippen LogP contribution >= 0.6 is 24.0 Å². The monoisotopic (exact) mass is 196 g/mol. The Kier molecular flexibility index (Phi) is 2.09. The number of aromatic nitrogens is 2. The van der Waals surface area contributed by atoms with Crippen molar-refractivity contribution in [3.8, 4) is 0 Å². The summed E-state index contributed by atoms with van der Waals surface area (Å²) in [5.74, 6) is 0. The van der Waals surface area contributed by atoms with Crippen molar-refractivity contribution >= 4 is 28.3 Å². The quantitative estimate of drug-likeness (QED) is 0.644. The molecule has 0 saturated carbocycles. The normalized spacial score (nSPS) is 21.7. The van der Waals surface area contributed by atoms with Gasteiger partial charge in [-0.3, -0.25) is 9.97 Å². The van der Waals surface area contributed by atoms with E-state index in [2.05, 4.69) is 20.2 Å². The van der Waals surface area contributed by atoms with Crippen molar-refractivity contribution in [2.45, 2.75) is 5.37 Å². The molecule has 1 atom stereocenters. The Hall–Kier alpha value is -0.880. The lowest BCUT2D eigenvalue weighted by Crippen LogP contribution is -1.92. The summed E-state index contributed by atoms with van der Waals surface area (Å²) in [5.41, 5.74) is 0.797. The zero-order chi connectivity index (χ0) is 8.39. The highest BCUT2D eigenvalue weighted by Gasteiger charge is 2.20. The van der Waals surface area contributed by atoms with Gasteiger partial charge < -0.3 is 0 Å². The Labute approximate surface area is 78.5 Å². The first-order valence-corrected chi connectivity index (χ1v) is 4.52. The molecular formula is C6H4N4S2. The highest BCUT2D eigenvalue weighted by molar-refractivity contribution is 8.23. The maximum absolute atomic E-state index is 4.85. The molecule has 0 N–H and O–H groups in total. The van der Waals surface area contributed by atoms with Gasteiger partial charge in [0.2, 0.25) is 0 Å². The summed E-state index contributed by atoms with van der Waals surface area (Å²) in [6.07, 6.45) is 4.93. The van der Waals surface area contributed by atoms with E-state index in [-0.39, 0.29) is 5.37 Å². The lowest BCUT2D eigenvalue weighted by Gasteiger charge is -1.99. The molecule has 12 heavy (non-hydrogen) atoms. The van der Waals surface area contributed by atoms with Crippen LogP contribution in [0.3, 0.4) is 0 Å². The Morgan fingerprint density at radius 2 is 2.33 bits per heavy atom. The Balaban J connectivity index is 2.23. The van der Waals surface area contributed by atoms with Gasteiger partial charge in [-0.1, -0.05) is 11.8 Å². The standard InChI is InChI=1S/C6H4N4S2/c11-6-10-9-5(12-6)4-3-7-1-2-8-4/h1-3,5H. The number of azo groups is 1. The summed E-state index contributed by atoms with van der Waals surface area (Å²) < 4.78 is 0.561. The lowest BCUT2D eigenvalue weighted by molar-refractivity contribution is 0.904. The molecule has 0 spiro atoms. The van der Waals surface area contributed by atoms with Gasteiger partial charge in [-0.25, -0.2) is 0 Å². The van der Waals surface area contributed by atoms with E-state index in [1.54, 1.807) is 18.6 Å². The van der Waals surface area contributed by atoms with E-state index in [4.69, 9.17) is 12.2 Å². The third-order valence-electron chi connectivity index (χ3n) is 1.29. The summed E-state index contributed by atoms with van der Waals surface area (Å²) in [6, 6.07) is 0. The first kappa shape index (κ1) is 7.75. The fourth-order valence-corrected chi connectivity index (χ4v) is 1.74. The molecule has 0 amide bonds. The number of thiocarbonyl (C=S) groups is 1. The van der Waals surface area contributed by atoms with Gasteiger partial charge in [0.1, 0.15) is 0 Å². The number of rotatable bonds is 1. The smallest absolute Gasteiger partial charge is 0.184 e. The second kappa shape index (κ2) is 3.24. The molecule has 1 aromatic rings. The molecule has 0 fully saturated rings. The minimum atomic E-state index is -0.0915. The van der Waals surface area contributed by atoms with Crippen molar-refractivity contribution in [3.63, 3.8) is 0 Å². The molecule has 1 aliphatic heterocycles. The molecule has 1 aromatic heterocycles. The third-order valence-corrected chi connectivity index (χ3v) is 2.51. The highest BCUT2D eigenvalue weighted by atomic mass is 32.2. The van der Waals surface area contributed by atoms with E-state index in [9.17, 15) is 0 Å². The van der Waals surface area contributed by atoms with E-state index >= 15 is 0 Å². The van der Waals surface area contributed by atoms with Crippen LogP contribution < -0.4 is 0 Å². The first-order chi connectivity index (χ1) is 5.86. The number of nitrogens with zero attached hydrogens (tertiary/aromatic N) is 4. The zero-order valence-corrected chi connectivity index (χ0v) is 7.55. The van der Waals surface area contributed by atoms with Crippen LogP contribution in [-0.4, -0.2) is 14.3 Å². The fourth-order valence-electron chi connectivity index (χ4n) is 0.800. The van der Waals surface area contributed by atoms with Crippen molar-refractivity contribution in [1.29, 1.82) is 0 Å². The molecule has 0 bridgehead atoms. The van der Waals surface area contributed by atoms with Crippen molar-refractivity contribution in [3.05, 3.63) is 24.3 Å². The van der Waals surface area contributed by atoms with Crippen molar-refractivity contribution in [2.24, 2.45) is 10.2 Å². The second-order valence-corrected chi connectivity index (χ2v) is 3.80. The van der Waals surface area contributed by atoms with Crippen LogP contribution in [0.4, 0.5) is 0 Å². The summed E-state index contributed by atoms with van der Waals surface area (Å²) in [5, 5.41) is 7.59. The Bertz CT molecular complexity index is 324. The van der Waals surface area contributed by atoms with Gasteiger partial charge in [-0.2, -0.15) is 5.11 Å². The van der Waals surface area contributed by atoms with Gasteiger partial charge in [0.15, 0.2) is 9.69 Å². The molecule has 1 aliphatic rings. The summed E-state index contributed by atoms with van der Waals surface area (Å²) in [7, 11) is 0. The molecular weight excluding hydrogens is 192 g/mol. The van der Waals surface area contributed by atoms with Gasteiger partial charge in [-0.05, 0) is 12.2 Å². The second-order valence-electron chi connectivity index (χ2n) is 2.08. The van der Waals surface area contributed by atoms with Gasteiger partial charge in [0.05, 0.1) is 11.9 Å². The highest BCUT2D eigenvalue weighted by Crippen LogP contribution is 2.35. The molecule has 2 heterocycles. The molecule has 0 aromatic carbocycles. The van der Waals surface area contributed by atoms with E-state index < -0.39 is 0 Å². The van der Waals surface area contributed by atoms with Gasteiger partial charge in [0, 0.05) is 12.4 Å². The average molecular weight is 196 g/mol. The molecule has 60 valence electrons. The molecule has 4 nitrogen and oxygen atoms in total. The van der Waals surface area contributed by atoms with Crippen LogP contribution in [0.5, 0.6) is 0 Å². The van der Waals surface area contributed by atoms with Crippen LogP contribution in [-0.2, 0) is 0 Å². The summed E-state index contributed by atoms with van der Waals surface area (Å²) in [4.78, 5) is 8.03. The predicted molar refractivity (Wildman–Crippen MR) is 49.8 cm³/mol. The minimum absolute atomic E-state index is 0.0915. The largest absolute Gasteiger partial charge is 0.261 e. The Morgan fingerprint density at radius 3 is 2.92 bits per heavy atom. The van der Waals surface area contributed by atoms with Crippen LogP contribution in [0.1, 0.15) is 11.1 Å². The number of thioether (sulfide) groups is 1. The molecule has 1 unspecified atom stereocenters. The van der Waals surface area contributed by atoms with Crippen molar-refractivity contribution in [1.82, 2.24) is 9.97 Å². The summed E-state index contributed by atoms with van der Waals surface area (Å²) >= 11 is 6.26. The topological polar surface area (TPSA) is 50.5 Å². The van der Waals surface area contributed by atoms with Crippen molar-refractivity contribution < 1.29 is 0 Å². The number of hydrogen-bond donors (Lipinski definition) is 0. The molecule has 6 heteroatoms. The minimum Gasteiger partial charge on any atom is -0.261 e. The molecule has 0 saturated heterocycles. The lowest BCUT2D eigenvalue weighted by atomic mass is 10.4. The van der Waals surface area contributed by atoms with Gasteiger partial charge in [-0.15, -0.1) is 5.11 Å². The molecule has 0 aliphatic carbocycles. The van der Waals surface area contributed by atoms with E-state index in [1.807, 2.05) is 0 Å². The van der Waals surface area contributed by atoms with Gasteiger partial charge >= 0.3 is 0 Å². The van der Waals surface area contributed by atoms with Crippen LogP contribution in [0.15, 0.2) is 28.8 Å². The van der Waals surface area contributed by atoms with E-state index in [0.717, 1.165) is 5.69 Å². The number of hydrogen-bond acceptors (Lipinski definition) is 5. The third kappa shape index (κ3) is 1.49. The average Bonchev–Trinajstić information content (AvgIpc) is 2.54. The van der Waals surface area contributed by atoms with Crippen LogP contribution in [0.25, 0.3) is 0 Å². The Morgan fingerprint density at radius 1 is 1.42 bits per heavy atom. The molecule has 2 rings (SSSR count). The van der Waals surface area contributed by atoms with E-state index in [0.29, 0.717) is 4.32 Å². The zero-order valence-electron chi connectivity index (χ0n) is 5.91. The maximum atomic E-state index is 4.85. The SMILES string of the molecule is S=C1N=NC(c2cnccn2)S1. The summed E-state index contributed by atoms with van der Waals surface area (Å²) in [6.45, 7) is 0. The van der Waals surface area contributed by atoms with Crippen LogP contribution in [0.2, 0.25) is 0 Å². The predicted octanol–water partition coefficient (Wildman–Crippen LogP) is 1.96. The van der Waals surface area contributed by atoms with Crippen LogP contribution in [0, 0.1) is 0 Å². The fraction of sp³-hybridized carbons (Fsp3) is 0.167. The molecule has 0 radical (unpaired) electrons. The van der Waals surface area contributed by atoms with Crippen molar-refractivity contribution in [2.75, 3.05) is 0 Å². The first-order valence-electron chi connectivity index (χ1n) is 3.23. The maximum Gasteiger partial charge on any atom is 0.184 e.